The molecule has 0 aliphatic rings. The van der Waals surface area contributed by atoms with Crippen LogP contribution in [-0.2, 0) is 4.74 Å². The fraction of sp³-hybridized carbons (Fsp3) is 0.417. The molecule has 0 saturated heterocycles. The van der Waals surface area contributed by atoms with Crippen molar-refractivity contribution in [2.45, 2.75) is 6.92 Å². The fourth-order valence-corrected chi connectivity index (χ4v) is 1.29. The van der Waals surface area contributed by atoms with Gasteiger partial charge >= 0.3 is 0 Å². The monoisotopic (exact) mass is 223 g/mol. The number of aryl methyl sites for hydroxylation is 1. The highest BCUT2D eigenvalue weighted by atomic mass is 16.5. The summed E-state index contributed by atoms with van der Waals surface area (Å²) in [6.07, 6.45) is 0. The van der Waals surface area contributed by atoms with Crippen LogP contribution in [0.15, 0.2) is 24.3 Å². The second-order valence-electron chi connectivity index (χ2n) is 3.46. The van der Waals surface area contributed by atoms with E-state index < -0.39 is 0 Å². The standard InChI is InChI=1S/C12H17NO3/c1-10-3-2-4-11(9-10)12(15)13-5-7-16-8-6-14/h2-4,9,14H,5-8H2,1H3,(H,13,15). The number of benzene rings is 1. The van der Waals surface area contributed by atoms with Gasteiger partial charge in [0.1, 0.15) is 0 Å². The number of rotatable bonds is 6. The number of carbonyl (C=O) groups is 1. The molecule has 88 valence electrons. The van der Waals surface area contributed by atoms with Crippen LogP contribution in [0.1, 0.15) is 15.9 Å². The van der Waals surface area contributed by atoms with Crippen molar-refractivity contribution in [1.29, 1.82) is 0 Å². The van der Waals surface area contributed by atoms with Crippen LogP contribution in [0, 0.1) is 6.92 Å². The number of hydrogen-bond acceptors (Lipinski definition) is 3. The van der Waals surface area contributed by atoms with E-state index in [1.165, 1.54) is 0 Å². The normalized spacial score (nSPS) is 10.1. The summed E-state index contributed by atoms with van der Waals surface area (Å²) in [6.45, 7) is 3.12. The Morgan fingerprint density at radius 2 is 2.25 bits per heavy atom. The molecule has 0 unspecified atom stereocenters. The van der Waals surface area contributed by atoms with E-state index in [-0.39, 0.29) is 12.5 Å². The largest absolute Gasteiger partial charge is 0.394 e. The average Bonchev–Trinajstić information content (AvgIpc) is 2.28. The quantitative estimate of drug-likeness (QED) is 0.699. The van der Waals surface area contributed by atoms with Crippen molar-refractivity contribution in [3.05, 3.63) is 35.4 Å². The molecule has 0 heterocycles. The van der Waals surface area contributed by atoms with E-state index in [1.54, 1.807) is 6.07 Å². The summed E-state index contributed by atoms with van der Waals surface area (Å²) in [5, 5.41) is 11.2. The van der Waals surface area contributed by atoms with Crippen LogP contribution in [0.25, 0.3) is 0 Å². The second-order valence-corrected chi connectivity index (χ2v) is 3.46. The molecule has 0 radical (unpaired) electrons. The highest BCUT2D eigenvalue weighted by molar-refractivity contribution is 5.94. The van der Waals surface area contributed by atoms with Crippen molar-refractivity contribution in [2.75, 3.05) is 26.4 Å². The molecule has 2 N–H and O–H groups in total. The molecule has 1 aromatic carbocycles. The Morgan fingerprint density at radius 1 is 1.44 bits per heavy atom. The summed E-state index contributed by atoms with van der Waals surface area (Å²) in [7, 11) is 0. The molecule has 0 aliphatic carbocycles. The highest BCUT2D eigenvalue weighted by Crippen LogP contribution is 2.03. The zero-order chi connectivity index (χ0) is 11.8. The maximum atomic E-state index is 11.6. The van der Waals surface area contributed by atoms with Gasteiger partial charge in [-0.05, 0) is 19.1 Å². The Morgan fingerprint density at radius 3 is 2.94 bits per heavy atom. The van der Waals surface area contributed by atoms with E-state index in [1.807, 2.05) is 25.1 Å². The lowest BCUT2D eigenvalue weighted by atomic mass is 10.1. The zero-order valence-corrected chi connectivity index (χ0v) is 9.40. The summed E-state index contributed by atoms with van der Waals surface area (Å²) >= 11 is 0. The molecule has 1 aromatic rings. The number of hydrogen-bond donors (Lipinski definition) is 2. The first-order valence-electron chi connectivity index (χ1n) is 5.27. The lowest BCUT2D eigenvalue weighted by molar-refractivity contribution is 0.0838. The van der Waals surface area contributed by atoms with Gasteiger partial charge in [-0.2, -0.15) is 0 Å². The summed E-state index contributed by atoms with van der Waals surface area (Å²) in [5.41, 5.74) is 1.71. The molecule has 1 rings (SSSR count). The number of nitrogens with one attached hydrogen (secondary N) is 1. The molecule has 0 spiro atoms. The summed E-state index contributed by atoms with van der Waals surface area (Å²) in [4.78, 5) is 11.6. The van der Waals surface area contributed by atoms with Crippen molar-refractivity contribution in [2.24, 2.45) is 0 Å². The minimum Gasteiger partial charge on any atom is -0.394 e. The van der Waals surface area contributed by atoms with Gasteiger partial charge in [-0.15, -0.1) is 0 Å². The first kappa shape index (κ1) is 12.7. The molecule has 0 saturated carbocycles. The molecule has 0 aromatic heterocycles. The Kier molecular flexibility index (Phi) is 5.53. The average molecular weight is 223 g/mol. The maximum absolute atomic E-state index is 11.6. The Bertz CT molecular complexity index is 339. The second kappa shape index (κ2) is 6.98. The van der Waals surface area contributed by atoms with Crippen molar-refractivity contribution >= 4 is 5.91 Å². The highest BCUT2D eigenvalue weighted by Gasteiger charge is 2.03. The number of amides is 1. The smallest absolute Gasteiger partial charge is 0.251 e. The Hall–Kier alpha value is -1.39. The third kappa shape index (κ3) is 4.42. The maximum Gasteiger partial charge on any atom is 0.251 e. The minimum absolute atomic E-state index is 0.00578. The SMILES string of the molecule is Cc1cccc(C(=O)NCCOCCO)c1. The van der Waals surface area contributed by atoms with Gasteiger partial charge in [-0.1, -0.05) is 17.7 Å². The molecular weight excluding hydrogens is 206 g/mol. The molecular formula is C12H17NO3. The molecule has 16 heavy (non-hydrogen) atoms. The Balaban J connectivity index is 2.30. The van der Waals surface area contributed by atoms with Crippen LogP contribution in [0.2, 0.25) is 0 Å². The van der Waals surface area contributed by atoms with Gasteiger partial charge in [0.2, 0.25) is 0 Å². The van der Waals surface area contributed by atoms with Crippen LogP contribution in [0.3, 0.4) is 0 Å². The van der Waals surface area contributed by atoms with Gasteiger partial charge in [-0.25, -0.2) is 0 Å². The molecule has 0 bridgehead atoms. The van der Waals surface area contributed by atoms with E-state index in [9.17, 15) is 4.79 Å². The van der Waals surface area contributed by atoms with Gasteiger partial charge in [0.15, 0.2) is 0 Å². The van der Waals surface area contributed by atoms with Crippen LogP contribution < -0.4 is 5.32 Å². The van der Waals surface area contributed by atoms with Crippen molar-refractivity contribution in [3.63, 3.8) is 0 Å². The first-order chi connectivity index (χ1) is 7.74. The molecule has 0 atom stereocenters. The number of carbonyl (C=O) groups excluding carboxylic acids is 1. The molecule has 0 aliphatic heterocycles. The number of aliphatic hydroxyl groups is 1. The van der Waals surface area contributed by atoms with E-state index in [0.29, 0.717) is 25.3 Å². The predicted octanol–water partition coefficient (Wildman–Crippen LogP) is 0.734. The lowest BCUT2D eigenvalue weighted by Gasteiger charge is -2.06. The Labute approximate surface area is 95.2 Å². The van der Waals surface area contributed by atoms with Crippen LogP contribution in [0.4, 0.5) is 0 Å². The molecule has 0 fully saturated rings. The minimum atomic E-state index is -0.101. The van der Waals surface area contributed by atoms with E-state index >= 15 is 0 Å². The van der Waals surface area contributed by atoms with Gasteiger partial charge in [-0.3, -0.25) is 4.79 Å². The number of aliphatic hydroxyl groups excluding tert-OH is 1. The number of ether oxygens (including phenoxy) is 1. The third-order valence-corrected chi connectivity index (χ3v) is 2.05. The van der Waals surface area contributed by atoms with Gasteiger partial charge in [0.05, 0.1) is 19.8 Å². The summed E-state index contributed by atoms with van der Waals surface area (Å²) in [5.74, 6) is -0.101. The zero-order valence-electron chi connectivity index (χ0n) is 9.40. The summed E-state index contributed by atoms with van der Waals surface area (Å²) in [6, 6.07) is 7.41. The predicted molar refractivity (Wildman–Crippen MR) is 61.4 cm³/mol. The topological polar surface area (TPSA) is 58.6 Å². The molecule has 4 heteroatoms. The van der Waals surface area contributed by atoms with Crippen molar-refractivity contribution in [1.82, 2.24) is 5.32 Å². The van der Waals surface area contributed by atoms with E-state index in [0.717, 1.165) is 5.56 Å². The molecule has 4 nitrogen and oxygen atoms in total. The van der Waals surface area contributed by atoms with Crippen LogP contribution >= 0.6 is 0 Å². The van der Waals surface area contributed by atoms with Crippen molar-refractivity contribution < 1.29 is 14.6 Å². The lowest BCUT2D eigenvalue weighted by Crippen LogP contribution is -2.27. The summed E-state index contributed by atoms with van der Waals surface area (Å²) < 4.78 is 5.03. The fourth-order valence-electron chi connectivity index (χ4n) is 1.29. The van der Waals surface area contributed by atoms with Gasteiger partial charge < -0.3 is 15.2 Å². The first-order valence-corrected chi connectivity index (χ1v) is 5.27. The molecule has 1 amide bonds. The van der Waals surface area contributed by atoms with Gasteiger partial charge in [0.25, 0.3) is 5.91 Å². The van der Waals surface area contributed by atoms with E-state index in [2.05, 4.69) is 5.32 Å². The van der Waals surface area contributed by atoms with E-state index in [4.69, 9.17) is 9.84 Å². The van der Waals surface area contributed by atoms with Gasteiger partial charge in [0, 0.05) is 12.1 Å². The van der Waals surface area contributed by atoms with Crippen LogP contribution in [-0.4, -0.2) is 37.4 Å². The van der Waals surface area contributed by atoms with Crippen molar-refractivity contribution in [3.8, 4) is 0 Å². The third-order valence-electron chi connectivity index (χ3n) is 2.05. The van der Waals surface area contributed by atoms with Crippen LogP contribution in [0.5, 0.6) is 0 Å².